The van der Waals surface area contributed by atoms with Crippen LogP contribution in [0.25, 0.3) is 0 Å². The Labute approximate surface area is 107 Å². The van der Waals surface area contributed by atoms with Gasteiger partial charge in [0.1, 0.15) is 11.5 Å². The van der Waals surface area contributed by atoms with Crippen LogP contribution in [0.15, 0.2) is 12.2 Å². The van der Waals surface area contributed by atoms with Crippen molar-refractivity contribution in [1.29, 1.82) is 0 Å². The van der Waals surface area contributed by atoms with Crippen LogP contribution in [0.4, 0.5) is 0 Å². The number of aromatic hydroxyl groups is 2. The zero-order chi connectivity index (χ0) is 14.0. The summed E-state index contributed by atoms with van der Waals surface area (Å²) in [5, 5.41) is 22.6. The normalized spacial score (nSPS) is 10.2. The molecule has 98 valence electrons. The Morgan fingerprint density at radius 3 is 2.11 bits per heavy atom. The lowest BCUT2D eigenvalue weighted by atomic mass is 9.97. The predicted octanol–water partition coefficient (Wildman–Crippen LogP) is 2.22. The van der Waals surface area contributed by atoms with E-state index in [4.69, 9.17) is 0 Å². The predicted molar refractivity (Wildman–Crippen MR) is 70.6 cm³/mol. The molecule has 4 nitrogen and oxygen atoms in total. The molecule has 0 unspecified atom stereocenters. The number of hydrogen-bond donors (Lipinski definition) is 3. The maximum absolute atomic E-state index is 11.4. The number of phenolic OH excluding ortho intramolecular Hbond substituents is 2. The van der Waals surface area contributed by atoms with Gasteiger partial charge in [-0.1, -0.05) is 6.58 Å². The van der Waals surface area contributed by atoms with Crippen LogP contribution in [-0.4, -0.2) is 16.1 Å². The van der Waals surface area contributed by atoms with Crippen LogP contribution in [0.1, 0.15) is 29.2 Å². The molecule has 0 aromatic heterocycles. The molecule has 0 saturated carbocycles. The molecule has 4 heteroatoms. The topological polar surface area (TPSA) is 69.6 Å². The Hall–Kier alpha value is -1.97. The molecule has 1 amide bonds. The van der Waals surface area contributed by atoms with Crippen LogP contribution in [0.3, 0.4) is 0 Å². The van der Waals surface area contributed by atoms with Gasteiger partial charge in [-0.2, -0.15) is 0 Å². The number of rotatable bonds is 3. The summed E-state index contributed by atoms with van der Waals surface area (Å²) < 4.78 is 0. The quantitative estimate of drug-likeness (QED) is 0.568. The van der Waals surface area contributed by atoms with Gasteiger partial charge in [-0.05, 0) is 44.4 Å². The molecule has 0 radical (unpaired) electrons. The summed E-state index contributed by atoms with van der Waals surface area (Å²) in [5.41, 5.74) is 2.79. The van der Waals surface area contributed by atoms with Crippen LogP contribution in [0, 0.1) is 20.8 Å². The van der Waals surface area contributed by atoms with Crippen molar-refractivity contribution < 1.29 is 15.0 Å². The Morgan fingerprint density at radius 1 is 1.11 bits per heavy atom. The first-order valence-electron chi connectivity index (χ1n) is 5.71. The molecule has 0 atom stereocenters. The third kappa shape index (κ3) is 2.47. The van der Waals surface area contributed by atoms with Gasteiger partial charge in [-0.15, -0.1) is 0 Å². The SMILES string of the molecule is C=C(C)C(=O)NCc1c(C)c(O)c(C)c(C)c1O. The zero-order valence-electron chi connectivity index (χ0n) is 11.2. The summed E-state index contributed by atoms with van der Waals surface area (Å²) in [7, 11) is 0. The Kier molecular flexibility index (Phi) is 4.01. The van der Waals surface area contributed by atoms with Gasteiger partial charge >= 0.3 is 0 Å². The molecular formula is C14H19NO3. The lowest BCUT2D eigenvalue weighted by Crippen LogP contribution is -2.23. The second kappa shape index (κ2) is 5.12. The van der Waals surface area contributed by atoms with Crippen molar-refractivity contribution in [3.05, 3.63) is 34.4 Å². The van der Waals surface area contributed by atoms with Crippen molar-refractivity contribution in [2.75, 3.05) is 0 Å². The molecule has 0 aliphatic heterocycles. The van der Waals surface area contributed by atoms with E-state index in [-0.39, 0.29) is 24.0 Å². The summed E-state index contributed by atoms with van der Waals surface area (Å²) in [5.74, 6) is 0.00112. The first kappa shape index (κ1) is 14.1. The molecule has 3 N–H and O–H groups in total. The van der Waals surface area contributed by atoms with E-state index in [1.54, 1.807) is 27.7 Å². The van der Waals surface area contributed by atoms with Gasteiger partial charge in [0.25, 0.3) is 0 Å². The number of benzene rings is 1. The number of hydrogen-bond acceptors (Lipinski definition) is 3. The maximum Gasteiger partial charge on any atom is 0.246 e. The Bertz CT molecular complexity index is 489. The fourth-order valence-corrected chi connectivity index (χ4v) is 1.72. The largest absolute Gasteiger partial charge is 0.507 e. The van der Waals surface area contributed by atoms with Crippen LogP contribution in [0.5, 0.6) is 11.5 Å². The van der Waals surface area contributed by atoms with Crippen molar-refractivity contribution in [1.82, 2.24) is 5.32 Å². The summed E-state index contributed by atoms with van der Waals surface area (Å²) in [6.07, 6.45) is 0. The van der Waals surface area contributed by atoms with Gasteiger partial charge in [0.05, 0.1) is 0 Å². The van der Waals surface area contributed by atoms with E-state index in [9.17, 15) is 15.0 Å². The van der Waals surface area contributed by atoms with Crippen molar-refractivity contribution in [2.24, 2.45) is 0 Å². The molecule has 1 aromatic rings. The van der Waals surface area contributed by atoms with E-state index in [0.29, 0.717) is 27.8 Å². The van der Waals surface area contributed by atoms with E-state index in [0.717, 1.165) is 0 Å². The lowest BCUT2D eigenvalue weighted by molar-refractivity contribution is -0.117. The number of carbonyl (C=O) groups is 1. The van der Waals surface area contributed by atoms with E-state index in [2.05, 4.69) is 11.9 Å². The number of nitrogens with one attached hydrogen (secondary N) is 1. The summed E-state index contributed by atoms with van der Waals surface area (Å²) >= 11 is 0. The monoisotopic (exact) mass is 249 g/mol. The fraction of sp³-hybridized carbons (Fsp3) is 0.357. The second-order valence-corrected chi connectivity index (χ2v) is 4.51. The molecule has 0 saturated heterocycles. The third-order valence-electron chi connectivity index (χ3n) is 3.18. The first-order chi connectivity index (χ1) is 8.27. The fourth-order valence-electron chi connectivity index (χ4n) is 1.72. The van der Waals surface area contributed by atoms with E-state index in [1.165, 1.54) is 0 Å². The van der Waals surface area contributed by atoms with Crippen LogP contribution < -0.4 is 5.32 Å². The van der Waals surface area contributed by atoms with Crippen molar-refractivity contribution in [3.8, 4) is 11.5 Å². The summed E-state index contributed by atoms with van der Waals surface area (Å²) in [6, 6.07) is 0. The molecule has 0 aliphatic rings. The smallest absolute Gasteiger partial charge is 0.246 e. The van der Waals surface area contributed by atoms with Crippen molar-refractivity contribution in [3.63, 3.8) is 0 Å². The highest BCUT2D eigenvalue weighted by Crippen LogP contribution is 2.35. The summed E-state index contributed by atoms with van der Waals surface area (Å²) in [4.78, 5) is 11.4. The molecule has 1 aromatic carbocycles. The number of phenols is 2. The van der Waals surface area contributed by atoms with Crippen LogP contribution in [0.2, 0.25) is 0 Å². The highest BCUT2D eigenvalue weighted by molar-refractivity contribution is 5.92. The average molecular weight is 249 g/mol. The minimum absolute atomic E-state index is 0.116. The van der Waals surface area contributed by atoms with Crippen molar-refractivity contribution >= 4 is 5.91 Å². The van der Waals surface area contributed by atoms with Gasteiger partial charge < -0.3 is 15.5 Å². The van der Waals surface area contributed by atoms with Crippen LogP contribution >= 0.6 is 0 Å². The molecule has 0 aliphatic carbocycles. The molecule has 18 heavy (non-hydrogen) atoms. The van der Waals surface area contributed by atoms with E-state index in [1.807, 2.05) is 0 Å². The maximum atomic E-state index is 11.4. The molecular weight excluding hydrogens is 230 g/mol. The first-order valence-corrected chi connectivity index (χ1v) is 5.71. The Morgan fingerprint density at radius 2 is 1.61 bits per heavy atom. The van der Waals surface area contributed by atoms with Gasteiger partial charge in [-0.3, -0.25) is 4.79 Å². The summed E-state index contributed by atoms with van der Waals surface area (Å²) in [6.45, 7) is 10.5. The van der Waals surface area contributed by atoms with Crippen LogP contribution in [-0.2, 0) is 11.3 Å². The molecule has 1 rings (SSSR count). The average Bonchev–Trinajstić information content (AvgIpc) is 2.33. The minimum atomic E-state index is -0.272. The number of carbonyl (C=O) groups excluding carboxylic acids is 1. The van der Waals surface area contributed by atoms with Gasteiger partial charge in [0, 0.05) is 17.7 Å². The van der Waals surface area contributed by atoms with E-state index < -0.39 is 0 Å². The van der Waals surface area contributed by atoms with E-state index >= 15 is 0 Å². The standard InChI is InChI=1S/C14H19NO3/c1-7(2)14(18)15-6-11-10(5)12(16)8(3)9(4)13(11)17/h16-17H,1,6H2,2-5H3,(H,15,18). The second-order valence-electron chi connectivity index (χ2n) is 4.51. The van der Waals surface area contributed by atoms with Gasteiger partial charge in [0.15, 0.2) is 0 Å². The molecule has 0 heterocycles. The molecule has 0 bridgehead atoms. The van der Waals surface area contributed by atoms with Gasteiger partial charge in [-0.25, -0.2) is 0 Å². The molecule has 0 spiro atoms. The Balaban J connectivity index is 3.11. The highest BCUT2D eigenvalue weighted by Gasteiger charge is 2.16. The molecule has 0 fully saturated rings. The highest BCUT2D eigenvalue weighted by atomic mass is 16.3. The lowest BCUT2D eigenvalue weighted by Gasteiger charge is -2.16. The third-order valence-corrected chi connectivity index (χ3v) is 3.18. The van der Waals surface area contributed by atoms with Gasteiger partial charge in [0.2, 0.25) is 5.91 Å². The minimum Gasteiger partial charge on any atom is -0.507 e. The van der Waals surface area contributed by atoms with Crippen molar-refractivity contribution in [2.45, 2.75) is 34.2 Å². The zero-order valence-corrected chi connectivity index (χ0v) is 11.2. The number of amides is 1.